The maximum absolute atomic E-state index is 12.5. The molecule has 1 aromatic carbocycles. The number of piperidine rings is 1. The molecule has 2 aliphatic rings. The van der Waals surface area contributed by atoms with Crippen molar-refractivity contribution < 1.29 is 4.79 Å². The maximum Gasteiger partial charge on any atom is 0.225 e. The molecule has 1 saturated heterocycles. The van der Waals surface area contributed by atoms with E-state index in [4.69, 9.17) is 9.97 Å². The summed E-state index contributed by atoms with van der Waals surface area (Å²) in [4.78, 5) is 26.9. The van der Waals surface area contributed by atoms with Crippen molar-refractivity contribution in [1.82, 2.24) is 14.9 Å². The summed E-state index contributed by atoms with van der Waals surface area (Å²) < 4.78 is 0. The van der Waals surface area contributed by atoms with Gasteiger partial charge in [0.1, 0.15) is 11.6 Å². The molecule has 0 bridgehead atoms. The van der Waals surface area contributed by atoms with Gasteiger partial charge in [-0.3, -0.25) is 4.79 Å². The van der Waals surface area contributed by atoms with Gasteiger partial charge in [-0.05, 0) is 38.2 Å². The van der Waals surface area contributed by atoms with Crippen LogP contribution in [0.1, 0.15) is 61.7 Å². The van der Waals surface area contributed by atoms with Gasteiger partial charge in [0.25, 0.3) is 0 Å². The Hall–Kier alpha value is -2.43. The average Bonchev–Trinajstić information content (AvgIpc) is 2.74. The number of anilines is 1. The number of fused-ring (bicyclic) bond motifs is 1. The molecule has 0 spiro atoms. The second-order valence-electron chi connectivity index (χ2n) is 8.76. The Labute approximate surface area is 174 Å². The lowest BCUT2D eigenvalue weighted by Gasteiger charge is -2.35. The van der Waals surface area contributed by atoms with Crippen molar-refractivity contribution >= 4 is 11.7 Å². The Balaban J connectivity index is 1.60. The Kier molecular flexibility index (Phi) is 5.84. The normalized spacial score (nSPS) is 19.4. The van der Waals surface area contributed by atoms with Crippen LogP contribution in [0.15, 0.2) is 30.3 Å². The van der Waals surface area contributed by atoms with Gasteiger partial charge in [-0.1, -0.05) is 44.2 Å². The molecule has 3 heterocycles. The van der Waals surface area contributed by atoms with E-state index in [9.17, 15) is 4.79 Å². The fraction of sp³-hybridized carbons (Fsp3) is 0.542. The molecule has 5 nitrogen and oxygen atoms in total. The number of carbonyl (C=O) groups is 1. The summed E-state index contributed by atoms with van der Waals surface area (Å²) in [7, 11) is 0. The van der Waals surface area contributed by atoms with Crippen LogP contribution in [0.5, 0.6) is 0 Å². The van der Waals surface area contributed by atoms with E-state index in [-0.39, 0.29) is 17.7 Å². The van der Waals surface area contributed by atoms with E-state index in [0.29, 0.717) is 0 Å². The van der Waals surface area contributed by atoms with Crippen LogP contribution in [0.2, 0.25) is 0 Å². The lowest BCUT2D eigenvalue weighted by atomic mass is 9.95. The van der Waals surface area contributed by atoms with E-state index >= 15 is 0 Å². The second kappa shape index (κ2) is 8.52. The fourth-order valence-corrected chi connectivity index (χ4v) is 4.60. The fourth-order valence-electron chi connectivity index (χ4n) is 4.60. The zero-order chi connectivity index (χ0) is 20.4. The number of hydrogen-bond acceptors (Lipinski definition) is 4. The van der Waals surface area contributed by atoms with Crippen molar-refractivity contribution in [2.75, 3.05) is 24.5 Å². The third-order valence-corrected chi connectivity index (χ3v) is 6.17. The van der Waals surface area contributed by atoms with Gasteiger partial charge in [0.15, 0.2) is 0 Å². The maximum atomic E-state index is 12.5. The summed E-state index contributed by atoms with van der Waals surface area (Å²) in [5.41, 5.74) is 3.71. The highest BCUT2D eigenvalue weighted by Gasteiger charge is 2.30. The minimum atomic E-state index is 0.0429. The van der Waals surface area contributed by atoms with Crippen LogP contribution >= 0.6 is 0 Å². The third kappa shape index (κ3) is 4.29. The van der Waals surface area contributed by atoms with Crippen molar-refractivity contribution in [2.24, 2.45) is 5.92 Å². The highest BCUT2D eigenvalue weighted by molar-refractivity contribution is 5.78. The largest absolute Gasteiger partial charge is 0.352 e. The van der Waals surface area contributed by atoms with Crippen molar-refractivity contribution in [3.05, 3.63) is 53.0 Å². The standard InChI is InChI=1S/C24H32N4O/c1-17(2)24(29)28-14-7-11-20(16-28)22-25-18(3)21-12-8-13-27(23(21)26-22)15-19-9-5-4-6-10-19/h4-6,9-10,17,20H,7-8,11-16H2,1-3H3/t20-/m1/s1. The first-order chi connectivity index (χ1) is 14.0. The van der Waals surface area contributed by atoms with Gasteiger partial charge in [-0.25, -0.2) is 9.97 Å². The molecular weight excluding hydrogens is 360 g/mol. The number of nitrogens with zero attached hydrogens (tertiary/aromatic N) is 4. The Morgan fingerprint density at radius 3 is 2.69 bits per heavy atom. The topological polar surface area (TPSA) is 49.3 Å². The summed E-state index contributed by atoms with van der Waals surface area (Å²) in [5, 5.41) is 0. The van der Waals surface area contributed by atoms with E-state index in [1.165, 1.54) is 11.1 Å². The van der Waals surface area contributed by atoms with Gasteiger partial charge >= 0.3 is 0 Å². The molecule has 5 heteroatoms. The smallest absolute Gasteiger partial charge is 0.225 e. The quantitative estimate of drug-likeness (QED) is 0.786. The van der Waals surface area contributed by atoms with Gasteiger partial charge in [0.05, 0.1) is 0 Å². The van der Waals surface area contributed by atoms with Crippen LogP contribution in [-0.2, 0) is 17.8 Å². The van der Waals surface area contributed by atoms with Gasteiger partial charge in [-0.2, -0.15) is 0 Å². The first-order valence-corrected chi connectivity index (χ1v) is 11.0. The van der Waals surface area contributed by atoms with Crippen molar-refractivity contribution in [3.8, 4) is 0 Å². The molecule has 154 valence electrons. The Morgan fingerprint density at radius 1 is 1.14 bits per heavy atom. The van der Waals surface area contributed by atoms with Gasteiger partial charge < -0.3 is 9.80 Å². The first-order valence-electron chi connectivity index (χ1n) is 11.0. The summed E-state index contributed by atoms with van der Waals surface area (Å²) in [6, 6.07) is 10.6. The minimum Gasteiger partial charge on any atom is -0.352 e. The Morgan fingerprint density at radius 2 is 1.93 bits per heavy atom. The average molecular weight is 393 g/mol. The molecule has 1 atom stereocenters. The number of aryl methyl sites for hydroxylation is 1. The summed E-state index contributed by atoms with van der Waals surface area (Å²) in [5.74, 6) is 2.55. The predicted molar refractivity (Wildman–Crippen MR) is 116 cm³/mol. The lowest BCUT2D eigenvalue weighted by Crippen LogP contribution is -2.41. The van der Waals surface area contributed by atoms with Gasteiger partial charge in [0, 0.05) is 49.3 Å². The number of rotatable bonds is 4. The van der Waals surface area contributed by atoms with E-state index in [0.717, 1.165) is 69.2 Å². The minimum absolute atomic E-state index is 0.0429. The van der Waals surface area contributed by atoms with Crippen LogP contribution in [0.25, 0.3) is 0 Å². The zero-order valence-corrected chi connectivity index (χ0v) is 17.9. The Bertz CT molecular complexity index is 865. The first kappa shape index (κ1) is 19.9. The number of amides is 1. The molecule has 0 N–H and O–H groups in total. The molecule has 2 aliphatic heterocycles. The molecule has 29 heavy (non-hydrogen) atoms. The highest BCUT2D eigenvalue weighted by atomic mass is 16.2. The molecular formula is C24H32N4O. The molecule has 0 unspecified atom stereocenters. The van der Waals surface area contributed by atoms with Crippen LogP contribution in [0.4, 0.5) is 5.82 Å². The van der Waals surface area contributed by atoms with E-state index in [2.05, 4.69) is 42.2 Å². The summed E-state index contributed by atoms with van der Waals surface area (Å²) in [6.45, 7) is 9.59. The molecule has 0 aliphatic carbocycles. The molecule has 2 aromatic rings. The second-order valence-corrected chi connectivity index (χ2v) is 8.76. The summed E-state index contributed by atoms with van der Waals surface area (Å²) >= 11 is 0. The number of benzene rings is 1. The predicted octanol–water partition coefficient (Wildman–Crippen LogP) is 4.10. The van der Waals surface area contributed by atoms with E-state index < -0.39 is 0 Å². The van der Waals surface area contributed by atoms with Crippen LogP contribution in [-0.4, -0.2) is 40.4 Å². The van der Waals surface area contributed by atoms with E-state index in [1.807, 2.05) is 18.7 Å². The van der Waals surface area contributed by atoms with Crippen LogP contribution in [0.3, 0.4) is 0 Å². The SMILES string of the molecule is Cc1nc([C@@H]2CCCN(C(=O)C(C)C)C2)nc2c1CCCN2Cc1ccccc1. The van der Waals surface area contributed by atoms with Crippen molar-refractivity contribution in [3.63, 3.8) is 0 Å². The highest BCUT2D eigenvalue weighted by Crippen LogP contribution is 2.32. The van der Waals surface area contributed by atoms with Crippen LogP contribution < -0.4 is 4.90 Å². The molecule has 4 rings (SSSR count). The number of likely N-dealkylation sites (tertiary alicyclic amines) is 1. The molecule has 1 aromatic heterocycles. The summed E-state index contributed by atoms with van der Waals surface area (Å²) in [6.07, 6.45) is 4.27. The van der Waals surface area contributed by atoms with E-state index in [1.54, 1.807) is 0 Å². The monoisotopic (exact) mass is 392 g/mol. The van der Waals surface area contributed by atoms with Crippen LogP contribution in [0, 0.1) is 12.8 Å². The van der Waals surface area contributed by atoms with Crippen molar-refractivity contribution in [1.29, 1.82) is 0 Å². The lowest BCUT2D eigenvalue weighted by molar-refractivity contribution is -0.135. The molecule has 0 radical (unpaired) electrons. The van der Waals surface area contributed by atoms with Gasteiger partial charge in [0.2, 0.25) is 5.91 Å². The molecule has 1 fully saturated rings. The number of aromatic nitrogens is 2. The number of hydrogen-bond donors (Lipinski definition) is 0. The molecule has 1 amide bonds. The van der Waals surface area contributed by atoms with Gasteiger partial charge in [-0.15, -0.1) is 0 Å². The zero-order valence-electron chi connectivity index (χ0n) is 17.9. The number of carbonyl (C=O) groups excluding carboxylic acids is 1. The molecule has 0 saturated carbocycles. The van der Waals surface area contributed by atoms with Crippen molar-refractivity contribution in [2.45, 2.75) is 58.9 Å². The third-order valence-electron chi connectivity index (χ3n) is 6.17.